The van der Waals surface area contributed by atoms with Crippen LogP contribution in [0.2, 0.25) is 0 Å². The zero-order chi connectivity index (χ0) is 13.2. The number of carbonyl (C=O) groups excluding carboxylic acids is 1. The highest BCUT2D eigenvalue weighted by Crippen LogP contribution is 2.20. The van der Waals surface area contributed by atoms with Gasteiger partial charge in [0.05, 0.1) is 10.2 Å². The molecule has 0 aromatic rings. The SMILES string of the molecule is CCC(C)C(Br)=NC1=C(C)C(=O)NC(O)N1C. The zero-order valence-corrected chi connectivity index (χ0v) is 12.1. The second kappa shape index (κ2) is 5.64. The van der Waals surface area contributed by atoms with Crippen LogP contribution >= 0.6 is 15.9 Å². The van der Waals surface area contributed by atoms with Crippen molar-refractivity contribution in [1.82, 2.24) is 10.2 Å². The highest BCUT2D eigenvalue weighted by Gasteiger charge is 2.27. The van der Waals surface area contributed by atoms with Gasteiger partial charge in [-0.1, -0.05) is 13.8 Å². The molecule has 0 aromatic heterocycles. The quantitative estimate of drug-likeness (QED) is 0.775. The molecule has 1 aliphatic rings. The Morgan fingerprint density at radius 1 is 1.71 bits per heavy atom. The molecule has 1 rings (SSSR count). The van der Waals surface area contributed by atoms with E-state index in [0.29, 0.717) is 11.4 Å². The fraction of sp³-hybridized carbons (Fsp3) is 0.636. The van der Waals surface area contributed by atoms with E-state index in [1.165, 1.54) is 4.90 Å². The summed E-state index contributed by atoms with van der Waals surface area (Å²) in [5.41, 5.74) is 0.498. The van der Waals surface area contributed by atoms with Crippen molar-refractivity contribution in [2.24, 2.45) is 10.9 Å². The van der Waals surface area contributed by atoms with E-state index in [-0.39, 0.29) is 11.8 Å². The number of rotatable bonds is 3. The summed E-state index contributed by atoms with van der Waals surface area (Å²) in [5, 5.41) is 12.0. The molecule has 0 fully saturated rings. The standard InChI is InChI=1S/C11H18BrN3O2/c1-5-6(2)8(12)13-9-7(3)10(16)14-11(17)15(9)4/h6,11,17H,5H2,1-4H3,(H,14,16). The first-order valence-electron chi connectivity index (χ1n) is 5.55. The van der Waals surface area contributed by atoms with Gasteiger partial charge in [0.2, 0.25) is 6.35 Å². The molecular formula is C11H18BrN3O2. The Balaban J connectivity index is 3.09. The molecule has 0 spiro atoms. The first kappa shape index (κ1) is 14.2. The number of amides is 1. The van der Waals surface area contributed by atoms with E-state index in [2.05, 4.69) is 33.2 Å². The van der Waals surface area contributed by atoms with Crippen molar-refractivity contribution in [2.75, 3.05) is 7.05 Å². The molecule has 1 aliphatic heterocycles. The molecule has 1 amide bonds. The molecule has 1 heterocycles. The van der Waals surface area contributed by atoms with Crippen molar-refractivity contribution in [3.8, 4) is 0 Å². The van der Waals surface area contributed by atoms with E-state index < -0.39 is 6.35 Å². The van der Waals surface area contributed by atoms with Gasteiger partial charge in [0.1, 0.15) is 5.82 Å². The minimum Gasteiger partial charge on any atom is -0.356 e. The number of aliphatic hydroxyl groups is 1. The predicted molar refractivity (Wildman–Crippen MR) is 70.4 cm³/mol. The van der Waals surface area contributed by atoms with Crippen LogP contribution in [0.15, 0.2) is 16.4 Å². The first-order valence-corrected chi connectivity index (χ1v) is 6.34. The van der Waals surface area contributed by atoms with E-state index in [1.807, 2.05) is 6.92 Å². The van der Waals surface area contributed by atoms with Gasteiger partial charge in [-0.3, -0.25) is 4.79 Å². The molecule has 0 bridgehead atoms. The van der Waals surface area contributed by atoms with Gasteiger partial charge < -0.3 is 15.3 Å². The van der Waals surface area contributed by atoms with Gasteiger partial charge in [-0.15, -0.1) is 0 Å². The molecule has 2 N–H and O–H groups in total. The number of nitrogens with one attached hydrogen (secondary N) is 1. The van der Waals surface area contributed by atoms with Gasteiger partial charge in [0.15, 0.2) is 0 Å². The van der Waals surface area contributed by atoms with Crippen molar-refractivity contribution in [3.05, 3.63) is 11.4 Å². The molecule has 2 atom stereocenters. The first-order chi connectivity index (χ1) is 7.88. The zero-order valence-electron chi connectivity index (χ0n) is 10.5. The van der Waals surface area contributed by atoms with Crippen LogP contribution in [0.5, 0.6) is 0 Å². The number of nitrogens with zero attached hydrogens (tertiary/aromatic N) is 2. The summed E-state index contributed by atoms with van der Waals surface area (Å²) in [7, 11) is 1.68. The monoisotopic (exact) mass is 303 g/mol. The summed E-state index contributed by atoms with van der Waals surface area (Å²) in [6.07, 6.45) is -0.0725. The number of hydrogen-bond donors (Lipinski definition) is 2. The minimum absolute atomic E-state index is 0.283. The average molecular weight is 304 g/mol. The van der Waals surface area contributed by atoms with E-state index in [9.17, 15) is 9.90 Å². The van der Waals surface area contributed by atoms with Gasteiger partial charge in [-0.05, 0) is 29.3 Å². The molecule has 0 saturated carbocycles. The lowest BCUT2D eigenvalue weighted by Crippen LogP contribution is -2.50. The summed E-state index contributed by atoms with van der Waals surface area (Å²) in [6, 6.07) is 0. The van der Waals surface area contributed by atoms with Gasteiger partial charge in [0, 0.05) is 13.0 Å². The molecule has 17 heavy (non-hydrogen) atoms. The maximum Gasteiger partial charge on any atom is 0.254 e. The third-order valence-corrected chi connectivity index (χ3v) is 3.83. The second-order valence-electron chi connectivity index (χ2n) is 4.15. The van der Waals surface area contributed by atoms with E-state index in [4.69, 9.17) is 0 Å². The molecule has 2 unspecified atom stereocenters. The third kappa shape index (κ3) is 3.07. The Bertz CT molecular complexity index is 379. The van der Waals surface area contributed by atoms with E-state index in [1.54, 1.807) is 14.0 Å². The van der Waals surface area contributed by atoms with Crippen LogP contribution in [0.4, 0.5) is 0 Å². The normalized spacial score (nSPS) is 23.9. The molecule has 0 aliphatic carbocycles. The minimum atomic E-state index is -1.03. The maximum absolute atomic E-state index is 11.5. The van der Waals surface area contributed by atoms with Gasteiger partial charge >= 0.3 is 0 Å². The topological polar surface area (TPSA) is 64.9 Å². The van der Waals surface area contributed by atoms with Crippen LogP contribution in [0, 0.1) is 5.92 Å². The van der Waals surface area contributed by atoms with Crippen molar-refractivity contribution in [2.45, 2.75) is 33.5 Å². The molecular weight excluding hydrogens is 286 g/mol. The number of carbonyl (C=O) groups is 1. The number of hydrogen-bond acceptors (Lipinski definition) is 4. The molecule has 96 valence electrons. The maximum atomic E-state index is 11.5. The Hall–Kier alpha value is -0.880. The van der Waals surface area contributed by atoms with Crippen molar-refractivity contribution in [3.63, 3.8) is 0 Å². The second-order valence-corrected chi connectivity index (χ2v) is 4.96. The van der Waals surface area contributed by atoms with Crippen LogP contribution in [0.1, 0.15) is 27.2 Å². The lowest BCUT2D eigenvalue weighted by Gasteiger charge is -2.32. The van der Waals surface area contributed by atoms with Crippen molar-refractivity contribution in [1.29, 1.82) is 0 Å². The molecule has 5 nitrogen and oxygen atoms in total. The Labute approximate surface area is 110 Å². The predicted octanol–water partition coefficient (Wildman–Crippen LogP) is 1.39. The molecule has 0 radical (unpaired) electrons. The Morgan fingerprint density at radius 3 is 2.82 bits per heavy atom. The summed E-state index contributed by atoms with van der Waals surface area (Å²) >= 11 is 3.41. The lowest BCUT2D eigenvalue weighted by molar-refractivity contribution is -0.125. The van der Waals surface area contributed by atoms with Crippen LogP contribution in [0.3, 0.4) is 0 Å². The average Bonchev–Trinajstić information content (AvgIpc) is 2.30. The number of halogens is 1. The fourth-order valence-electron chi connectivity index (χ4n) is 1.35. The van der Waals surface area contributed by atoms with Gasteiger partial charge in [0.25, 0.3) is 5.91 Å². The summed E-state index contributed by atoms with van der Waals surface area (Å²) < 4.78 is 0.781. The van der Waals surface area contributed by atoms with Crippen LogP contribution in [-0.4, -0.2) is 33.9 Å². The van der Waals surface area contributed by atoms with E-state index >= 15 is 0 Å². The van der Waals surface area contributed by atoms with Crippen molar-refractivity contribution >= 4 is 26.5 Å². The third-order valence-electron chi connectivity index (χ3n) is 2.87. The largest absolute Gasteiger partial charge is 0.356 e. The fourth-order valence-corrected chi connectivity index (χ4v) is 1.84. The summed E-state index contributed by atoms with van der Waals surface area (Å²) in [6.45, 7) is 5.80. The lowest BCUT2D eigenvalue weighted by atomic mass is 10.1. The summed E-state index contributed by atoms with van der Waals surface area (Å²) in [5.74, 6) is 0.484. The molecule has 6 heteroatoms. The van der Waals surface area contributed by atoms with Gasteiger partial charge in [-0.25, -0.2) is 4.99 Å². The smallest absolute Gasteiger partial charge is 0.254 e. The Kier molecular flexibility index (Phi) is 4.70. The number of aliphatic imine (C=N–C) groups is 1. The summed E-state index contributed by atoms with van der Waals surface area (Å²) in [4.78, 5) is 17.5. The van der Waals surface area contributed by atoms with Crippen LogP contribution < -0.4 is 5.32 Å². The highest BCUT2D eigenvalue weighted by molar-refractivity contribution is 9.18. The van der Waals surface area contributed by atoms with Crippen LogP contribution in [-0.2, 0) is 4.79 Å². The number of aliphatic hydroxyl groups excluding tert-OH is 1. The molecule has 0 aromatic carbocycles. The van der Waals surface area contributed by atoms with Crippen molar-refractivity contribution < 1.29 is 9.90 Å². The highest BCUT2D eigenvalue weighted by atomic mass is 79.9. The van der Waals surface area contributed by atoms with E-state index in [0.717, 1.165) is 11.0 Å². The van der Waals surface area contributed by atoms with Crippen LogP contribution in [0.25, 0.3) is 0 Å². The molecule has 0 saturated heterocycles. The Morgan fingerprint density at radius 2 is 2.29 bits per heavy atom. The van der Waals surface area contributed by atoms with Gasteiger partial charge in [-0.2, -0.15) is 0 Å².